The van der Waals surface area contributed by atoms with E-state index in [4.69, 9.17) is 0 Å². The highest BCUT2D eigenvalue weighted by Crippen LogP contribution is 2.58. The average molecular weight is 907 g/mol. The molecule has 5 heteroatoms. The van der Waals surface area contributed by atoms with Gasteiger partial charge in [-0.25, -0.2) is 0 Å². The van der Waals surface area contributed by atoms with Crippen LogP contribution in [0.1, 0.15) is 22.3 Å². The van der Waals surface area contributed by atoms with Crippen molar-refractivity contribution in [1.82, 2.24) is 0 Å². The normalized spacial score (nSPS) is 10.4. The minimum atomic E-state index is -1.79. The first-order chi connectivity index (χ1) is 27.1. The van der Waals surface area contributed by atoms with Crippen LogP contribution in [0.4, 0.5) is 0 Å². The van der Waals surface area contributed by atoms with E-state index in [1.165, 1.54) is 54.1 Å². The van der Waals surface area contributed by atoms with Gasteiger partial charge >= 0.3 is 0 Å². The third kappa shape index (κ3) is 12.6. The van der Waals surface area contributed by atoms with Gasteiger partial charge in [-0.3, -0.25) is 0 Å². The van der Waals surface area contributed by atoms with Crippen molar-refractivity contribution in [3.8, 4) is 0 Å². The van der Waals surface area contributed by atoms with E-state index >= 15 is 0 Å². The predicted molar refractivity (Wildman–Crippen MR) is 265 cm³/mol. The second kappa shape index (κ2) is 23.8. The standard InChI is InChI=1S/C26H24P.C18H15P.C8H9Br.B.BrH/c1-22-17-19-23(20-18-22)21-27(24-11-5-2-6-12-24,25-13-7-3-8-14-25)26-15-9-4-10-16-26;1-4-10-16(11-5-1)19(17-12-6-2-7-13-17)18-14-8-3-9-15-18;1-7-2-4-8(6-9)5-3-7;;/h2-20H,21H2,1H3;1-15H;2-5H,6H2,1H3;;1H/q+1;;;;. The summed E-state index contributed by atoms with van der Waals surface area (Å²) in [7, 11) is -2.24. The molecule has 0 nitrogen and oxygen atoms in total. The van der Waals surface area contributed by atoms with Crippen LogP contribution in [0.3, 0.4) is 0 Å². The maximum atomic E-state index is 3.38. The first-order valence-electron chi connectivity index (χ1n) is 18.7. The van der Waals surface area contributed by atoms with Gasteiger partial charge in [-0.1, -0.05) is 221 Å². The SMILES string of the molecule is Br.Cc1ccc(CBr)cc1.Cc1ccc(C[P+](c2ccccc2)(c2ccccc2)c2ccccc2)cc1.[B].c1ccc(P(c2ccccc2)c2ccccc2)cc1. The summed E-state index contributed by atoms with van der Waals surface area (Å²) >= 11 is 3.38. The summed E-state index contributed by atoms with van der Waals surface area (Å²) in [6, 6.07) is 83.1. The highest BCUT2D eigenvalue weighted by Gasteiger charge is 2.45. The van der Waals surface area contributed by atoms with E-state index in [2.05, 4.69) is 260 Å². The number of halogens is 2. The van der Waals surface area contributed by atoms with Crippen LogP contribution in [0, 0.1) is 13.8 Å². The van der Waals surface area contributed by atoms with Gasteiger partial charge in [0.25, 0.3) is 0 Å². The fourth-order valence-electron chi connectivity index (χ4n) is 6.59. The maximum Gasteiger partial charge on any atom is 0.116 e. The lowest BCUT2D eigenvalue weighted by Crippen LogP contribution is -2.32. The Bertz CT molecular complexity index is 2070. The van der Waals surface area contributed by atoms with Gasteiger partial charge in [-0.2, -0.15) is 0 Å². The number of hydrogen-bond donors (Lipinski definition) is 0. The van der Waals surface area contributed by atoms with Crippen LogP contribution in [0.25, 0.3) is 0 Å². The summed E-state index contributed by atoms with van der Waals surface area (Å²) in [6.07, 6.45) is 1.03. The molecule has 0 heterocycles. The summed E-state index contributed by atoms with van der Waals surface area (Å²) < 4.78 is 0. The number of benzene rings is 8. The van der Waals surface area contributed by atoms with Crippen molar-refractivity contribution in [3.05, 3.63) is 253 Å². The summed E-state index contributed by atoms with van der Waals surface area (Å²) in [5.41, 5.74) is 5.35. The van der Waals surface area contributed by atoms with Gasteiger partial charge in [-0.15, -0.1) is 17.0 Å². The highest BCUT2D eigenvalue weighted by molar-refractivity contribution is 9.08. The maximum absolute atomic E-state index is 3.38. The monoisotopic (exact) mass is 904 g/mol. The first kappa shape index (κ1) is 45.3. The van der Waals surface area contributed by atoms with Gasteiger partial charge in [-0.05, 0) is 85.2 Å². The van der Waals surface area contributed by atoms with Gasteiger partial charge in [0.2, 0.25) is 0 Å². The van der Waals surface area contributed by atoms with Crippen molar-refractivity contribution in [1.29, 1.82) is 0 Å². The fraction of sp³-hybridized carbons (Fsp3) is 0.0769. The van der Waals surface area contributed by atoms with E-state index < -0.39 is 15.2 Å². The predicted octanol–water partition coefficient (Wildman–Crippen LogP) is 12.0. The van der Waals surface area contributed by atoms with Crippen LogP contribution >= 0.6 is 48.1 Å². The van der Waals surface area contributed by atoms with E-state index in [0.29, 0.717) is 0 Å². The summed E-state index contributed by atoms with van der Waals surface area (Å²) in [5.74, 6) is 0. The van der Waals surface area contributed by atoms with E-state index in [9.17, 15) is 0 Å². The molecule has 0 saturated heterocycles. The summed E-state index contributed by atoms with van der Waals surface area (Å²) in [4.78, 5) is 0. The molecule has 283 valence electrons. The third-order valence-electron chi connectivity index (χ3n) is 9.45. The minimum absolute atomic E-state index is 0. The molecule has 0 aliphatic rings. The smallest absolute Gasteiger partial charge is 0.114 e. The van der Waals surface area contributed by atoms with Gasteiger partial charge in [0.15, 0.2) is 0 Å². The molecule has 0 bridgehead atoms. The molecule has 0 aliphatic heterocycles. The van der Waals surface area contributed by atoms with E-state index in [1.807, 2.05) is 0 Å². The number of hydrogen-bond acceptors (Lipinski definition) is 0. The molecule has 0 unspecified atom stereocenters. The Morgan fingerprint density at radius 3 is 0.912 bits per heavy atom. The van der Waals surface area contributed by atoms with Crippen LogP contribution in [0.15, 0.2) is 231 Å². The van der Waals surface area contributed by atoms with E-state index in [0.717, 1.165) is 11.5 Å². The van der Waals surface area contributed by atoms with Crippen LogP contribution in [0.5, 0.6) is 0 Å². The Labute approximate surface area is 364 Å². The van der Waals surface area contributed by atoms with Gasteiger partial charge in [0, 0.05) is 13.7 Å². The molecule has 0 N–H and O–H groups in total. The average Bonchev–Trinajstić information content (AvgIpc) is 3.26. The highest BCUT2D eigenvalue weighted by atomic mass is 79.9. The fourth-order valence-corrected chi connectivity index (χ4v) is 13.5. The molecular formula is C52H49BBr2P2+. The first-order valence-corrected chi connectivity index (χ1v) is 23.2. The zero-order chi connectivity index (χ0) is 38.1. The van der Waals surface area contributed by atoms with Crippen molar-refractivity contribution in [2.75, 3.05) is 0 Å². The number of rotatable bonds is 9. The molecule has 8 aromatic carbocycles. The summed E-state index contributed by atoms with van der Waals surface area (Å²) in [5, 5.41) is 9.45. The third-order valence-corrected chi connectivity index (χ3v) is 16.9. The molecule has 57 heavy (non-hydrogen) atoms. The lowest BCUT2D eigenvalue weighted by atomic mass is 10.2. The van der Waals surface area contributed by atoms with Crippen molar-refractivity contribution in [2.24, 2.45) is 0 Å². The minimum Gasteiger partial charge on any atom is -0.114 e. The Kier molecular flexibility index (Phi) is 18.9. The lowest BCUT2D eigenvalue weighted by Gasteiger charge is -2.27. The summed E-state index contributed by atoms with van der Waals surface area (Å²) in [6.45, 7) is 4.25. The molecule has 0 fully saturated rings. The Morgan fingerprint density at radius 2 is 0.632 bits per heavy atom. The molecule has 8 aromatic rings. The Balaban J connectivity index is 0.000000209. The zero-order valence-corrected chi connectivity index (χ0v) is 37.7. The Hall–Kier alpha value is -4.36. The number of aryl methyl sites for hydroxylation is 2. The second-order valence-corrected chi connectivity index (χ2v) is 19.7. The molecule has 0 aliphatic carbocycles. The Morgan fingerprint density at radius 1 is 0.368 bits per heavy atom. The van der Waals surface area contributed by atoms with E-state index in [1.54, 1.807) is 0 Å². The van der Waals surface area contributed by atoms with Crippen LogP contribution in [0.2, 0.25) is 0 Å². The van der Waals surface area contributed by atoms with Crippen molar-refractivity contribution >= 4 is 88.3 Å². The molecule has 0 atom stereocenters. The van der Waals surface area contributed by atoms with Crippen LogP contribution < -0.4 is 31.8 Å². The number of alkyl halides is 1. The molecule has 3 radical (unpaired) electrons. The molecule has 8 rings (SSSR count). The molecule has 0 spiro atoms. The zero-order valence-electron chi connectivity index (χ0n) is 32.6. The topological polar surface area (TPSA) is 0 Å². The molecule has 0 saturated carbocycles. The van der Waals surface area contributed by atoms with Crippen LogP contribution in [-0.4, -0.2) is 8.41 Å². The molecule has 0 aromatic heterocycles. The second-order valence-electron chi connectivity index (χ2n) is 13.4. The van der Waals surface area contributed by atoms with Gasteiger partial charge < -0.3 is 0 Å². The molecular weight excluding hydrogens is 857 g/mol. The lowest BCUT2D eigenvalue weighted by molar-refractivity contribution is 1.35. The molecule has 0 amide bonds. The van der Waals surface area contributed by atoms with Crippen molar-refractivity contribution < 1.29 is 0 Å². The van der Waals surface area contributed by atoms with Gasteiger partial charge in [0.1, 0.15) is 23.2 Å². The van der Waals surface area contributed by atoms with Crippen molar-refractivity contribution in [3.63, 3.8) is 0 Å². The van der Waals surface area contributed by atoms with Gasteiger partial charge in [0.05, 0.1) is 6.16 Å². The van der Waals surface area contributed by atoms with Crippen LogP contribution in [-0.2, 0) is 11.5 Å². The largest absolute Gasteiger partial charge is 0.116 e. The van der Waals surface area contributed by atoms with Crippen molar-refractivity contribution in [2.45, 2.75) is 25.3 Å². The van der Waals surface area contributed by atoms with E-state index in [-0.39, 0.29) is 25.4 Å². The quantitative estimate of drug-likeness (QED) is 0.0769.